The number of alkyl halides is 1. The van der Waals surface area contributed by atoms with Gasteiger partial charge >= 0.3 is 5.97 Å². The SMILES string of the molecule is O=C(Cc1ccccc1)N[C@@H]1C(=O)N2C(C(=O)O)=C(Sc3snnc3CCl)CS[C@H]12. The molecule has 30 heavy (non-hydrogen) atoms. The molecule has 1 aromatic heterocycles. The topological polar surface area (TPSA) is 112 Å². The molecule has 0 radical (unpaired) electrons. The van der Waals surface area contributed by atoms with Crippen molar-refractivity contribution >= 4 is 64.4 Å². The summed E-state index contributed by atoms with van der Waals surface area (Å²) in [5.41, 5.74) is 1.36. The molecule has 12 heteroatoms. The Morgan fingerprint density at radius 2 is 2.10 bits per heavy atom. The zero-order valence-corrected chi connectivity index (χ0v) is 18.5. The van der Waals surface area contributed by atoms with Crippen molar-refractivity contribution in [2.24, 2.45) is 0 Å². The third kappa shape index (κ3) is 4.07. The van der Waals surface area contributed by atoms with E-state index in [2.05, 4.69) is 14.9 Å². The van der Waals surface area contributed by atoms with Crippen molar-refractivity contribution in [1.29, 1.82) is 0 Å². The molecule has 0 saturated carbocycles. The van der Waals surface area contributed by atoms with Crippen LogP contribution in [0.4, 0.5) is 0 Å². The van der Waals surface area contributed by atoms with Crippen molar-refractivity contribution in [3.05, 3.63) is 52.2 Å². The molecule has 1 aromatic carbocycles. The fourth-order valence-corrected chi connectivity index (χ4v) is 6.85. The normalized spacial score (nSPS) is 20.6. The summed E-state index contributed by atoms with van der Waals surface area (Å²) in [5, 5.41) is 16.0. The number of thioether (sulfide) groups is 2. The Kier molecular flexibility index (Phi) is 6.32. The zero-order valence-electron chi connectivity index (χ0n) is 15.3. The van der Waals surface area contributed by atoms with Crippen molar-refractivity contribution in [2.75, 3.05) is 5.75 Å². The lowest BCUT2D eigenvalue weighted by Gasteiger charge is -2.49. The maximum atomic E-state index is 12.7. The molecule has 0 unspecified atom stereocenters. The monoisotopic (exact) mass is 482 g/mol. The molecule has 2 N–H and O–H groups in total. The van der Waals surface area contributed by atoms with E-state index in [-0.39, 0.29) is 23.9 Å². The van der Waals surface area contributed by atoms with Crippen LogP contribution in [0.3, 0.4) is 0 Å². The lowest BCUT2D eigenvalue weighted by molar-refractivity contribution is -0.150. The smallest absolute Gasteiger partial charge is 0.353 e. The predicted molar refractivity (Wildman–Crippen MR) is 115 cm³/mol. The van der Waals surface area contributed by atoms with Crippen LogP contribution in [0.25, 0.3) is 0 Å². The number of nitrogens with one attached hydrogen (secondary N) is 1. The van der Waals surface area contributed by atoms with Gasteiger partial charge < -0.3 is 10.4 Å². The van der Waals surface area contributed by atoms with E-state index in [1.54, 1.807) is 0 Å². The van der Waals surface area contributed by atoms with Gasteiger partial charge in [0.2, 0.25) is 5.91 Å². The molecule has 2 aromatic rings. The summed E-state index contributed by atoms with van der Waals surface area (Å²) in [4.78, 5) is 38.8. The second-order valence-corrected chi connectivity index (χ2v) is 9.93. The van der Waals surface area contributed by atoms with E-state index >= 15 is 0 Å². The number of benzene rings is 1. The first kappa shape index (κ1) is 21.2. The molecular formula is C18H15ClN4O4S3. The molecule has 2 aliphatic heterocycles. The van der Waals surface area contributed by atoms with Gasteiger partial charge in [-0.15, -0.1) is 28.5 Å². The lowest BCUT2D eigenvalue weighted by Crippen LogP contribution is -2.70. The standard InChI is InChI=1S/C18H15ClN4O4S3/c19-7-10-18(30-22-21-10)29-11-8-28-16-13(15(25)23(16)14(11)17(26)27)20-12(24)6-9-4-2-1-3-5-9/h1-5,13,16H,6-8H2,(H,20,24)(H,26,27)/t13-,16-/m1/s1. The number of rotatable bonds is 7. The Labute approximate surface area is 189 Å². The van der Waals surface area contributed by atoms with Crippen LogP contribution in [0.5, 0.6) is 0 Å². The van der Waals surface area contributed by atoms with Gasteiger partial charge in [-0.2, -0.15) is 0 Å². The van der Waals surface area contributed by atoms with Crippen LogP contribution in [0.15, 0.2) is 45.1 Å². The van der Waals surface area contributed by atoms with Crippen LogP contribution in [0.2, 0.25) is 0 Å². The molecule has 8 nitrogen and oxygen atoms in total. The van der Waals surface area contributed by atoms with Gasteiger partial charge in [0.1, 0.15) is 27.0 Å². The highest BCUT2D eigenvalue weighted by Crippen LogP contribution is 2.46. The summed E-state index contributed by atoms with van der Waals surface area (Å²) in [6, 6.07) is 8.47. The largest absolute Gasteiger partial charge is 0.477 e. The molecule has 0 aliphatic carbocycles. The van der Waals surface area contributed by atoms with Crippen molar-refractivity contribution in [3.8, 4) is 0 Å². The number of halogens is 1. The molecule has 2 aliphatic rings. The second kappa shape index (κ2) is 8.96. The Bertz CT molecular complexity index is 1030. The van der Waals surface area contributed by atoms with Crippen LogP contribution in [0, 0.1) is 0 Å². The van der Waals surface area contributed by atoms with Crippen LogP contribution in [0.1, 0.15) is 11.3 Å². The highest BCUT2D eigenvalue weighted by atomic mass is 35.5. The van der Waals surface area contributed by atoms with Gasteiger partial charge in [0.25, 0.3) is 5.91 Å². The van der Waals surface area contributed by atoms with Crippen LogP contribution < -0.4 is 5.32 Å². The molecule has 0 bridgehead atoms. The Balaban J connectivity index is 1.49. The third-order valence-electron chi connectivity index (χ3n) is 4.52. The third-order valence-corrected chi connectivity index (χ3v) is 8.28. The number of hydrogen-bond acceptors (Lipinski definition) is 8. The first-order valence-electron chi connectivity index (χ1n) is 8.79. The highest BCUT2D eigenvalue weighted by Gasteiger charge is 2.54. The first-order chi connectivity index (χ1) is 14.5. The van der Waals surface area contributed by atoms with Gasteiger partial charge in [-0.1, -0.05) is 46.6 Å². The number of carbonyl (C=O) groups is 3. The van der Waals surface area contributed by atoms with Gasteiger partial charge in [-0.3, -0.25) is 14.5 Å². The van der Waals surface area contributed by atoms with Crippen LogP contribution >= 0.6 is 46.7 Å². The number of hydrogen-bond donors (Lipinski definition) is 2. The average molecular weight is 483 g/mol. The second-order valence-electron chi connectivity index (χ2n) is 6.44. The van der Waals surface area contributed by atoms with E-state index in [0.717, 1.165) is 17.1 Å². The van der Waals surface area contributed by atoms with E-state index in [9.17, 15) is 19.5 Å². The minimum atomic E-state index is -1.19. The minimum Gasteiger partial charge on any atom is -0.477 e. The number of fused-ring (bicyclic) bond motifs is 1. The maximum Gasteiger partial charge on any atom is 0.353 e. The molecule has 0 spiro atoms. The van der Waals surface area contributed by atoms with E-state index in [1.165, 1.54) is 28.4 Å². The number of aliphatic carboxylic acids is 1. The van der Waals surface area contributed by atoms with Gasteiger partial charge in [0.15, 0.2) is 0 Å². The fraction of sp³-hybridized carbons (Fsp3) is 0.278. The number of β-lactam (4-membered cyclic amide) rings is 1. The number of amides is 2. The Morgan fingerprint density at radius 1 is 1.33 bits per heavy atom. The van der Waals surface area contributed by atoms with Gasteiger partial charge in [-0.05, 0) is 17.1 Å². The molecule has 4 rings (SSSR count). The van der Waals surface area contributed by atoms with Crippen LogP contribution in [-0.4, -0.2) is 54.5 Å². The fourth-order valence-electron chi connectivity index (χ4n) is 3.15. The zero-order chi connectivity index (χ0) is 21.3. The van der Waals surface area contributed by atoms with E-state index < -0.39 is 23.3 Å². The molecule has 3 heterocycles. The molecular weight excluding hydrogens is 468 g/mol. The van der Waals surface area contributed by atoms with Crippen molar-refractivity contribution < 1.29 is 19.5 Å². The quantitative estimate of drug-likeness (QED) is 0.456. The average Bonchev–Trinajstić information content (AvgIpc) is 3.19. The highest BCUT2D eigenvalue weighted by molar-refractivity contribution is 8.07. The summed E-state index contributed by atoms with van der Waals surface area (Å²) < 4.78 is 4.56. The minimum absolute atomic E-state index is 0.0590. The summed E-state index contributed by atoms with van der Waals surface area (Å²) in [6.45, 7) is 0. The van der Waals surface area contributed by atoms with Crippen molar-refractivity contribution in [1.82, 2.24) is 19.8 Å². The number of carboxylic acid groups (broad SMARTS) is 1. The Hall–Kier alpha value is -2.08. The summed E-state index contributed by atoms with van der Waals surface area (Å²) in [6.07, 6.45) is 0.157. The lowest BCUT2D eigenvalue weighted by atomic mass is 10.0. The number of aromatic nitrogens is 2. The van der Waals surface area contributed by atoms with Crippen LogP contribution in [-0.2, 0) is 26.7 Å². The summed E-state index contributed by atoms with van der Waals surface area (Å²) in [5.74, 6) is -1.32. The maximum absolute atomic E-state index is 12.7. The molecule has 1 saturated heterocycles. The summed E-state index contributed by atoms with van der Waals surface area (Å²) in [7, 11) is 0. The molecule has 2 amide bonds. The van der Waals surface area contributed by atoms with E-state index in [0.29, 0.717) is 20.6 Å². The molecule has 2 atom stereocenters. The molecule has 156 valence electrons. The number of carbonyl (C=O) groups excluding carboxylic acids is 2. The van der Waals surface area contributed by atoms with E-state index in [4.69, 9.17) is 11.6 Å². The van der Waals surface area contributed by atoms with Gasteiger partial charge in [0, 0.05) is 10.7 Å². The van der Waals surface area contributed by atoms with Crippen molar-refractivity contribution in [2.45, 2.75) is 27.9 Å². The molecule has 1 fully saturated rings. The predicted octanol–water partition coefficient (Wildman–Crippen LogP) is 2.31. The Morgan fingerprint density at radius 3 is 2.80 bits per heavy atom. The van der Waals surface area contributed by atoms with Crippen molar-refractivity contribution in [3.63, 3.8) is 0 Å². The van der Waals surface area contributed by atoms with Gasteiger partial charge in [-0.25, -0.2) is 4.79 Å². The first-order valence-corrected chi connectivity index (χ1v) is 12.0. The van der Waals surface area contributed by atoms with Gasteiger partial charge in [0.05, 0.1) is 12.3 Å². The summed E-state index contributed by atoms with van der Waals surface area (Å²) >= 11 is 9.62. The number of nitrogens with zero attached hydrogens (tertiary/aromatic N) is 3. The van der Waals surface area contributed by atoms with E-state index in [1.807, 2.05) is 30.3 Å². The number of carboxylic acids is 1.